The van der Waals surface area contributed by atoms with Crippen LogP contribution in [0.1, 0.15) is 0 Å². The molecule has 88 valence electrons. The Morgan fingerprint density at radius 3 is 2.44 bits per heavy atom. The lowest BCUT2D eigenvalue weighted by molar-refractivity contribution is 0.481. The molecule has 0 aliphatic rings. The molecule has 0 amide bonds. The summed E-state index contributed by atoms with van der Waals surface area (Å²) in [6, 6.07) is 13.5. The first-order valence-electron chi connectivity index (χ1n) is 5.60. The molecule has 0 fully saturated rings. The Morgan fingerprint density at radius 1 is 0.889 bits per heavy atom. The Kier molecular flexibility index (Phi) is 2.75. The van der Waals surface area contributed by atoms with E-state index < -0.39 is 0 Å². The first-order valence-corrected chi connectivity index (χ1v) is 5.60. The highest BCUT2D eigenvalue weighted by molar-refractivity contribution is 5.33. The Labute approximate surface area is 104 Å². The van der Waals surface area contributed by atoms with Gasteiger partial charge in [0.15, 0.2) is 5.75 Å². The molecule has 0 saturated carbocycles. The van der Waals surface area contributed by atoms with Crippen LogP contribution in [0.4, 0.5) is 0 Å². The average Bonchev–Trinajstić information content (AvgIpc) is 2.89. The number of ether oxygens (including phenoxy) is 1. The number of pyridine rings is 1. The van der Waals surface area contributed by atoms with Gasteiger partial charge in [-0.25, -0.2) is 4.68 Å². The Balaban J connectivity index is 1.82. The van der Waals surface area contributed by atoms with E-state index in [9.17, 15) is 0 Å². The quantitative estimate of drug-likeness (QED) is 0.702. The number of hydrogen-bond acceptors (Lipinski definition) is 3. The lowest BCUT2D eigenvalue weighted by Gasteiger charge is -2.01. The Morgan fingerprint density at radius 2 is 1.67 bits per heavy atom. The molecule has 1 aromatic carbocycles. The molecule has 0 N–H and O–H groups in total. The van der Waals surface area contributed by atoms with E-state index in [1.54, 1.807) is 35.4 Å². The van der Waals surface area contributed by atoms with Crippen molar-refractivity contribution < 1.29 is 4.74 Å². The van der Waals surface area contributed by atoms with E-state index in [-0.39, 0.29) is 0 Å². The smallest absolute Gasteiger partial charge is 0.165 e. The number of rotatable bonds is 3. The zero-order valence-electron chi connectivity index (χ0n) is 9.60. The SMILES string of the molecule is c1ccc(-n2cc(Oc3ccncc3)cn2)cc1. The minimum absolute atomic E-state index is 0.699. The largest absolute Gasteiger partial charge is 0.454 e. The fraction of sp³-hybridized carbons (Fsp3) is 0. The predicted molar refractivity (Wildman–Crippen MR) is 67.9 cm³/mol. The van der Waals surface area contributed by atoms with Gasteiger partial charge in [-0.3, -0.25) is 4.98 Å². The van der Waals surface area contributed by atoms with Crippen LogP contribution >= 0.6 is 0 Å². The summed E-state index contributed by atoms with van der Waals surface area (Å²) in [5.74, 6) is 1.45. The van der Waals surface area contributed by atoms with Crippen LogP contribution in [0, 0.1) is 0 Å². The molecule has 0 aliphatic carbocycles. The molecular formula is C14H11N3O. The third-order valence-electron chi connectivity index (χ3n) is 2.47. The summed E-state index contributed by atoms with van der Waals surface area (Å²) in [6.45, 7) is 0. The van der Waals surface area contributed by atoms with Crippen molar-refractivity contribution in [3.63, 3.8) is 0 Å². The fourth-order valence-corrected chi connectivity index (χ4v) is 1.62. The summed E-state index contributed by atoms with van der Waals surface area (Å²) in [6.07, 6.45) is 6.91. The van der Waals surface area contributed by atoms with Gasteiger partial charge < -0.3 is 4.74 Å². The molecule has 3 aromatic rings. The molecule has 18 heavy (non-hydrogen) atoms. The van der Waals surface area contributed by atoms with Gasteiger partial charge in [0, 0.05) is 12.4 Å². The van der Waals surface area contributed by atoms with Crippen LogP contribution in [-0.4, -0.2) is 14.8 Å². The van der Waals surface area contributed by atoms with Crippen LogP contribution in [-0.2, 0) is 0 Å². The van der Waals surface area contributed by atoms with Crippen molar-refractivity contribution in [1.29, 1.82) is 0 Å². The summed E-state index contributed by atoms with van der Waals surface area (Å²) in [5.41, 5.74) is 1.00. The molecule has 0 unspecified atom stereocenters. The highest BCUT2D eigenvalue weighted by atomic mass is 16.5. The Bertz CT molecular complexity index is 620. The molecule has 3 rings (SSSR count). The molecule has 0 atom stereocenters. The zero-order chi connectivity index (χ0) is 12.2. The molecule has 0 radical (unpaired) electrons. The van der Waals surface area contributed by atoms with Crippen LogP contribution in [0.15, 0.2) is 67.3 Å². The first kappa shape index (κ1) is 10.5. The number of aromatic nitrogens is 3. The van der Waals surface area contributed by atoms with Gasteiger partial charge in [-0.15, -0.1) is 0 Å². The van der Waals surface area contributed by atoms with E-state index >= 15 is 0 Å². The summed E-state index contributed by atoms with van der Waals surface area (Å²) in [5, 5.41) is 4.26. The molecule has 0 saturated heterocycles. The van der Waals surface area contributed by atoms with Gasteiger partial charge in [-0.1, -0.05) is 18.2 Å². The number of benzene rings is 1. The van der Waals surface area contributed by atoms with Crippen molar-refractivity contribution in [3.05, 3.63) is 67.3 Å². The van der Waals surface area contributed by atoms with Gasteiger partial charge in [-0.05, 0) is 24.3 Å². The molecule has 2 aromatic heterocycles. The lowest BCUT2D eigenvalue weighted by atomic mass is 10.3. The van der Waals surface area contributed by atoms with E-state index in [1.807, 2.05) is 36.5 Å². The summed E-state index contributed by atoms with van der Waals surface area (Å²) in [4.78, 5) is 3.94. The van der Waals surface area contributed by atoms with Crippen molar-refractivity contribution in [1.82, 2.24) is 14.8 Å². The van der Waals surface area contributed by atoms with Gasteiger partial charge in [0.25, 0.3) is 0 Å². The lowest BCUT2D eigenvalue weighted by Crippen LogP contribution is -1.92. The van der Waals surface area contributed by atoms with E-state index in [0.29, 0.717) is 5.75 Å². The normalized spacial score (nSPS) is 10.2. The first-order chi connectivity index (χ1) is 8.92. The van der Waals surface area contributed by atoms with Crippen LogP contribution in [0.2, 0.25) is 0 Å². The third kappa shape index (κ3) is 2.22. The molecule has 4 heteroatoms. The van der Waals surface area contributed by atoms with Crippen molar-refractivity contribution in [2.24, 2.45) is 0 Å². The van der Waals surface area contributed by atoms with Crippen molar-refractivity contribution >= 4 is 0 Å². The third-order valence-corrected chi connectivity index (χ3v) is 2.47. The minimum atomic E-state index is 0.699. The number of hydrogen-bond donors (Lipinski definition) is 0. The second kappa shape index (κ2) is 4.71. The van der Waals surface area contributed by atoms with Gasteiger partial charge >= 0.3 is 0 Å². The maximum atomic E-state index is 5.66. The average molecular weight is 237 g/mol. The molecule has 0 spiro atoms. The van der Waals surface area contributed by atoms with Gasteiger partial charge in [0.2, 0.25) is 0 Å². The zero-order valence-corrected chi connectivity index (χ0v) is 9.60. The Hall–Kier alpha value is -2.62. The highest BCUT2D eigenvalue weighted by Gasteiger charge is 2.02. The van der Waals surface area contributed by atoms with E-state index in [4.69, 9.17) is 4.74 Å². The van der Waals surface area contributed by atoms with E-state index in [2.05, 4.69) is 10.1 Å². The van der Waals surface area contributed by atoms with E-state index in [0.717, 1.165) is 11.4 Å². The van der Waals surface area contributed by atoms with Crippen LogP contribution in [0.3, 0.4) is 0 Å². The number of nitrogens with zero attached hydrogens (tertiary/aromatic N) is 3. The second-order valence-electron chi connectivity index (χ2n) is 3.74. The van der Waals surface area contributed by atoms with Gasteiger partial charge in [0.05, 0.1) is 18.1 Å². The highest BCUT2D eigenvalue weighted by Crippen LogP contribution is 2.20. The summed E-state index contributed by atoms with van der Waals surface area (Å²) < 4.78 is 7.43. The summed E-state index contributed by atoms with van der Waals surface area (Å²) >= 11 is 0. The topological polar surface area (TPSA) is 39.9 Å². The maximum Gasteiger partial charge on any atom is 0.165 e. The molecule has 0 bridgehead atoms. The van der Waals surface area contributed by atoms with Crippen molar-refractivity contribution in [2.45, 2.75) is 0 Å². The fourth-order valence-electron chi connectivity index (χ4n) is 1.62. The van der Waals surface area contributed by atoms with Gasteiger partial charge in [0.1, 0.15) is 5.75 Å². The molecule has 0 aliphatic heterocycles. The molecule has 2 heterocycles. The predicted octanol–water partition coefficient (Wildman–Crippen LogP) is 3.06. The summed E-state index contributed by atoms with van der Waals surface area (Å²) in [7, 11) is 0. The van der Waals surface area contributed by atoms with Crippen LogP contribution < -0.4 is 4.74 Å². The van der Waals surface area contributed by atoms with Crippen LogP contribution in [0.5, 0.6) is 11.5 Å². The monoisotopic (exact) mass is 237 g/mol. The van der Waals surface area contributed by atoms with Gasteiger partial charge in [-0.2, -0.15) is 5.10 Å². The number of para-hydroxylation sites is 1. The minimum Gasteiger partial charge on any atom is -0.454 e. The standard InChI is InChI=1S/C14H11N3O/c1-2-4-12(5-3-1)17-11-14(10-16-17)18-13-6-8-15-9-7-13/h1-11H. The maximum absolute atomic E-state index is 5.66. The second-order valence-corrected chi connectivity index (χ2v) is 3.74. The van der Waals surface area contributed by atoms with Crippen molar-refractivity contribution in [3.8, 4) is 17.2 Å². The molecule has 4 nitrogen and oxygen atoms in total. The molecular weight excluding hydrogens is 226 g/mol. The van der Waals surface area contributed by atoms with Crippen LogP contribution in [0.25, 0.3) is 5.69 Å². The van der Waals surface area contributed by atoms with Crippen molar-refractivity contribution in [2.75, 3.05) is 0 Å². The van der Waals surface area contributed by atoms with E-state index in [1.165, 1.54) is 0 Å².